The van der Waals surface area contributed by atoms with Gasteiger partial charge in [-0.05, 0) is 38.2 Å². The summed E-state index contributed by atoms with van der Waals surface area (Å²) in [4.78, 5) is 8.94. The normalized spacial score (nSPS) is 12.1. The van der Waals surface area contributed by atoms with Crippen LogP contribution in [-0.4, -0.2) is 34.5 Å². The van der Waals surface area contributed by atoms with E-state index in [4.69, 9.17) is 4.98 Å². The average Bonchev–Trinajstić information content (AvgIpc) is 2.89. The van der Waals surface area contributed by atoms with Gasteiger partial charge in [-0.25, -0.2) is 13.4 Å². The number of pyridine rings is 1. The fourth-order valence-corrected chi connectivity index (χ4v) is 4.60. The van der Waals surface area contributed by atoms with E-state index in [-0.39, 0.29) is 0 Å². The van der Waals surface area contributed by atoms with E-state index in [2.05, 4.69) is 23.4 Å². The van der Waals surface area contributed by atoms with Crippen molar-refractivity contribution in [3.8, 4) is 0 Å². The summed E-state index contributed by atoms with van der Waals surface area (Å²) in [5, 5.41) is 0. The van der Waals surface area contributed by atoms with Gasteiger partial charge < -0.3 is 4.57 Å². The topological polar surface area (TPSA) is 64.8 Å². The second-order valence-corrected chi connectivity index (χ2v) is 8.77. The largest absolute Gasteiger partial charge is 0.328 e. The lowest BCUT2D eigenvalue weighted by molar-refractivity contribution is 0.577. The lowest BCUT2D eigenvalue weighted by atomic mass is 10.2. The summed E-state index contributed by atoms with van der Waals surface area (Å²) in [5.41, 5.74) is 3.20. The van der Waals surface area contributed by atoms with Gasteiger partial charge >= 0.3 is 0 Å². The van der Waals surface area contributed by atoms with Gasteiger partial charge in [0.2, 0.25) is 0 Å². The Labute approximate surface area is 145 Å². The summed E-state index contributed by atoms with van der Waals surface area (Å²) in [5.74, 6) is 1.70. The number of fused-ring (bicyclic) bond motifs is 1. The quantitative estimate of drug-likeness (QED) is 0.612. The third kappa shape index (κ3) is 4.79. The molecular weight excluding hydrogens is 322 g/mol. The van der Waals surface area contributed by atoms with Gasteiger partial charge in [0, 0.05) is 19.2 Å². The minimum atomic E-state index is -2.89. The second-order valence-electron chi connectivity index (χ2n) is 6.47. The molecule has 0 aliphatic rings. The van der Waals surface area contributed by atoms with E-state index < -0.39 is 9.84 Å². The van der Waals surface area contributed by atoms with Gasteiger partial charge in [0.25, 0.3) is 0 Å². The van der Waals surface area contributed by atoms with Crippen LogP contribution in [0.1, 0.15) is 57.3 Å². The molecule has 2 heterocycles. The third-order valence-electron chi connectivity index (χ3n) is 4.28. The molecule has 0 spiro atoms. The van der Waals surface area contributed by atoms with Gasteiger partial charge in [-0.2, -0.15) is 0 Å². The first-order valence-corrected chi connectivity index (χ1v) is 10.8. The van der Waals surface area contributed by atoms with Crippen molar-refractivity contribution in [3.05, 3.63) is 23.8 Å². The SMILES string of the molecule is CCCCS(=O)(=O)CCCCn1c(CCC)nc2cncc(C)c21. The Kier molecular flexibility index (Phi) is 6.78. The predicted octanol–water partition coefficient (Wildman–Crippen LogP) is 3.69. The molecule has 5 nitrogen and oxygen atoms in total. The summed E-state index contributed by atoms with van der Waals surface area (Å²) in [6.45, 7) is 7.04. The molecule has 0 saturated carbocycles. The monoisotopic (exact) mass is 351 g/mol. The van der Waals surface area contributed by atoms with Crippen molar-refractivity contribution in [2.45, 2.75) is 65.8 Å². The zero-order valence-corrected chi connectivity index (χ0v) is 15.9. The second kappa shape index (κ2) is 8.60. The molecular formula is C18H29N3O2S. The summed E-state index contributed by atoms with van der Waals surface area (Å²) in [7, 11) is -2.89. The van der Waals surface area contributed by atoms with Crippen LogP contribution in [-0.2, 0) is 22.8 Å². The molecule has 0 saturated heterocycles. The number of imidazole rings is 1. The van der Waals surface area contributed by atoms with Crippen molar-refractivity contribution in [1.29, 1.82) is 0 Å². The smallest absolute Gasteiger partial charge is 0.150 e. The Bertz CT molecular complexity index is 766. The molecule has 0 bridgehead atoms. The Balaban J connectivity index is 2.05. The maximum Gasteiger partial charge on any atom is 0.150 e. The molecule has 24 heavy (non-hydrogen) atoms. The molecule has 0 aliphatic carbocycles. The Morgan fingerprint density at radius 2 is 1.79 bits per heavy atom. The van der Waals surface area contributed by atoms with E-state index in [1.165, 1.54) is 0 Å². The van der Waals surface area contributed by atoms with E-state index in [0.29, 0.717) is 17.9 Å². The van der Waals surface area contributed by atoms with Crippen LogP contribution in [0.15, 0.2) is 12.4 Å². The molecule has 0 radical (unpaired) electrons. The first kappa shape index (κ1) is 18.9. The summed E-state index contributed by atoms with van der Waals surface area (Å²) in [6.07, 6.45) is 8.91. The van der Waals surface area contributed by atoms with E-state index in [1.54, 1.807) is 0 Å². The molecule has 2 aromatic rings. The van der Waals surface area contributed by atoms with Crippen LogP contribution in [0.3, 0.4) is 0 Å². The molecule has 2 aromatic heterocycles. The number of sulfone groups is 1. The number of hydrogen-bond donors (Lipinski definition) is 0. The minimum Gasteiger partial charge on any atom is -0.328 e. The lowest BCUT2D eigenvalue weighted by Gasteiger charge is -2.10. The molecule has 0 atom stereocenters. The molecule has 2 rings (SSSR count). The first-order valence-electron chi connectivity index (χ1n) is 8.98. The Morgan fingerprint density at radius 1 is 1.04 bits per heavy atom. The highest BCUT2D eigenvalue weighted by Gasteiger charge is 2.13. The van der Waals surface area contributed by atoms with Crippen LogP contribution in [0.2, 0.25) is 0 Å². The van der Waals surface area contributed by atoms with Gasteiger partial charge in [0.05, 0.1) is 23.2 Å². The first-order chi connectivity index (χ1) is 11.5. The fraction of sp³-hybridized carbons (Fsp3) is 0.667. The van der Waals surface area contributed by atoms with Crippen molar-refractivity contribution in [2.24, 2.45) is 0 Å². The van der Waals surface area contributed by atoms with Crippen LogP contribution < -0.4 is 0 Å². The molecule has 0 N–H and O–H groups in total. The number of hydrogen-bond acceptors (Lipinski definition) is 4. The maximum atomic E-state index is 12.0. The fourth-order valence-electron chi connectivity index (χ4n) is 3.02. The summed E-state index contributed by atoms with van der Waals surface area (Å²) >= 11 is 0. The maximum absolute atomic E-state index is 12.0. The van der Waals surface area contributed by atoms with Crippen molar-refractivity contribution in [3.63, 3.8) is 0 Å². The molecule has 0 aliphatic heterocycles. The van der Waals surface area contributed by atoms with Crippen LogP contribution in [0.25, 0.3) is 11.0 Å². The predicted molar refractivity (Wildman–Crippen MR) is 99.1 cm³/mol. The summed E-state index contributed by atoms with van der Waals surface area (Å²) in [6, 6.07) is 0. The highest BCUT2D eigenvalue weighted by molar-refractivity contribution is 7.91. The molecule has 0 fully saturated rings. The number of rotatable bonds is 10. The molecule has 0 aromatic carbocycles. The Morgan fingerprint density at radius 3 is 2.50 bits per heavy atom. The number of unbranched alkanes of at least 4 members (excludes halogenated alkanes) is 2. The molecule has 134 valence electrons. The van der Waals surface area contributed by atoms with Crippen LogP contribution in [0.5, 0.6) is 0 Å². The van der Waals surface area contributed by atoms with E-state index >= 15 is 0 Å². The standard InChI is InChI=1S/C18H29N3O2S/c1-4-6-11-24(22,23)12-8-7-10-21-17(9-5-2)20-16-14-19-13-15(3)18(16)21/h13-14H,4-12H2,1-3H3. The molecule has 0 unspecified atom stereocenters. The zero-order chi connectivity index (χ0) is 17.6. The minimum absolute atomic E-state index is 0.295. The van der Waals surface area contributed by atoms with E-state index in [1.807, 2.05) is 19.3 Å². The van der Waals surface area contributed by atoms with Gasteiger partial charge in [0.15, 0.2) is 0 Å². The van der Waals surface area contributed by atoms with Crippen LogP contribution >= 0.6 is 0 Å². The van der Waals surface area contributed by atoms with Gasteiger partial charge in [-0.3, -0.25) is 4.98 Å². The number of aryl methyl sites for hydroxylation is 3. The van der Waals surface area contributed by atoms with Gasteiger partial charge in [-0.15, -0.1) is 0 Å². The molecule has 6 heteroatoms. The van der Waals surface area contributed by atoms with Crippen molar-refractivity contribution >= 4 is 20.9 Å². The van der Waals surface area contributed by atoms with Gasteiger partial charge in [0.1, 0.15) is 21.2 Å². The summed E-state index contributed by atoms with van der Waals surface area (Å²) < 4.78 is 26.2. The number of aromatic nitrogens is 3. The van der Waals surface area contributed by atoms with E-state index in [9.17, 15) is 8.42 Å². The van der Waals surface area contributed by atoms with Crippen molar-refractivity contribution in [2.75, 3.05) is 11.5 Å². The highest BCUT2D eigenvalue weighted by Crippen LogP contribution is 2.20. The molecule has 0 amide bonds. The van der Waals surface area contributed by atoms with Crippen LogP contribution in [0, 0.1) is 6.92 Å². The van der Waals surface area contributed by atoms with Crippen molar-refractivity contribution < 1.29 is 8.42 Å². The number of nitrogens with zero attached hydrogens (tertiary/aromatic N) is 3. The third-order valence-corrected chi connectivity index (χ3v) is 6.10. The zero-order valence-electron chi connectivity index (χ0n) is 15.1. The van der Waals surface area contributed by atoms with Crippen LogP contribution in [0.4, 0.5) is 0 Å². The van der Waals surface area contributed by atoms with Gasteiger partial charge in [-0.1, -0.05) is 20.3 Å². The lowest BCUT2D eigenvalue weighted by Crippen LogP contribution is -2.12. The Hall–Kier alpha value is -1.43. The highest BCUT2D eigenvalue weighted by atomic mass is 32.2. The van der Waals surface area contributed by atoms with Crippen molar-refractivity contribution in [1.82, 2.24) is 14.5 Å². The average molecular weight is 352 g/mol. The van der Waals surface area contributed by atoms with E-state index in [0.717, 1.165) is 61.1 Å².